The van der Waals surface area contributed by atoms with Gasteiger partial charge in [-0.05, 0) is 37.3 Å². The van der Waals surface area contributed by atoms with E-state index in [9.17, 15) is 4.79 Å². The van der Waals surface area contributed by atoms with E-state index in [0.29, 0.717) is 36.1 Å². The molecule has 0 N–H and O–H groups in total. The molecule has 1 aliphatic rings. The van der Waals surface area contributed by atoms with Gasteiger partial charge in [0.25, 0.3) is 5.91 Å². The Hall–Kier alpha value is -2.74. The molecule has 32 heavy (non-hydrogen) atoms. The van der Waals surface area contributed by atoms with E-state index in [1.807, 2.05) is 67.6 Å². The molecule has 0 saturated heterocycles. The van der Waals surface area contributed by atoms with E-state index in [1.54, 1.807) is 0 Å². The highest BCUT2D eigenvalue weighted by Crippen LogP contribution is 2.44. The van der Waals surface area contributed by atoms with Gasteiger partial charge in [0.15, 0.2) is 4.80 Å². The molecular formula is C25H21BrN2O3S. The van der Waals surface area contributed by atoms with Crippen molar-refractivity contribution in [3.63, 3.8) is 0 Å². The van der Waals surface area contributed by atoms with Gasteiger partial charge in [0.1, 0.15) is 11.5 Å². The highest BCUT2D eigenvalue weighted by molar-refractivity contribution is 9.10. The number of carbonyl (C=O) groups excluding carboxylic acids is 1. The minimum atomic E-state index is -0.506. The van der Waals surface area contributed by atoms with Crippen LogP contribution >= 0.6 is 27.3 Å². The monoisotopic (exact) mass is 508 g/mol. The maximum atomic E-state index is 13.6. The van der Waals surface area contributed by atoms with Crippen LogP contribution in [0.5, 0.6) is 11.5 Å². The first-order valence-electron chi connectivity index (χ1n) is 10.5. The summed E-state index contributed by atoms with van der Waals surface area (Å²) in [6.45, 7) is 3.81. The minimum Gasteiger partial charge on any atom is -0.457 e. The number of fused-ring (bicyclic) bond motifs is 3. The lowest BCUT2D eigenvalue weighted by molar-refractivity contribution is -0.118. The van der Waals surface area contributed by atoms with E-state index in [2.05, 4.69) is 31.6 Å². The van der Waals surface area contributed by atoms with Gasteiger partial charge in [0.05, 0.1) is 22.7 Å². The molecule has 0 fully saturated rings. The third-order valence-electron chi connectivity index (χ3n) is 5.44. The molecule has 1 aliphatic heterocycles. The number of para-hydroxylation sites is 2. The molecule has 0 aliphatic carbocycles. The van der Waals surface area contributed by atoms with Gasteiger partial charge in [-0.2, -0.15) is 4.99 Å². The predicted molar refractivity (Wildman–Crippen MR) is 129 cm³/mol. The van der Waals surface area contributed by atoms with Gasteiger partial charge in [-0.1, -0.05) is 63.7 Å². The lowest BCUT2D eigenvalue weighted by Crippen LogP contribution is -2.23. The van der Waals surface area contributed by atoms with Crippen molar-refractivity contribution in [3.05, 3.63) is 87.1 Å². The van der Waals surface area contributed by atoms with Gasteiger partial charge in [0, 0.05) is 28.8 Å². The number of hydrogen-bond acceptors (Lipinski definition) is 4. The molecule has 1 amide bonds. The Bertz CT molecular complexity index is 1330. The molecule has 1 aromatic heterocycles. The normalized spacial score (nSPS) is 13.6. The summed E-state index contributed by atoms with van der Waals surface area (Å²) in [5.41, 5.74) is 2.71. The van der Waals surface area contributed by atoms with Crippen LogP contribution < -0.4 is 9.54 Å². The first-order valence-corrected chi connectivity index (χ1v) is 12.1. The van der Waals surface area contributed by atoms with Gasteiger partial charge in [-0.15, -0.1) is 0 Å². The second-order valence-corrected chi connectivity index (χ2v) is 9.33. The van der Waals surface area contributed by atoms with Crippen molar-refractivity contribution in [2.24, 2.45) is 4.99 Å². The van der Waals surface area contributed by atoms with Gasteiger partial charge < -0.3 is 14.0 Å². The number of rotatable bonds is 5. The zero-order valence-corrected chi connectivity index (χ0v) is 19.9. The number of ether oxygens (including phenoxy) is 2. The molecule has 0 spiro atoms. The van der Waals surface area contributed by atoms with E-state index in [-0.39, 0.29) is 5.91 Å². The standard InChI is InChI=1S/C25H21BrN2O3S/c1-2-30-14-13-28-19-12-11-16(26)15-22(19)32-25(28)27-24(29)23-17-7-3-5-9-20(17)31-21-10-6-4-8-18(21)23/h3-12,15,23H,2,13-14H2,1H3. The van der Waals surface area contributed by atoms with Crippen LogP contribution in [0.15, 0.2) is 76.2 Å². The Morgan fingerprint density at radius 2 is 1.78 bits per heavy atom. The summed E-state index contributed by atoms with van der Waals surface area (Å²) in [4.78, 5) is 19.0. The van der Waals surface area contributed by atoms with Crippen LogP contribution in [-0.2, 0) is 16.1 Å². The Kier molecular flexibility index (Phi) is 5.95. The molecule has 4 aromatic rings. The van der Waals surface area contributed by atoms with Crippen molar-refractivity contribution in [2.45, 2.75) is 19.4 Å². The Balaban J connectivity index is 1.63. The zero-order valence-electron chi connectivity index (χ0n) is 17.5. The molecule has 0 radical (unpaired) electrons. The van der Waals surface area contributed by atoms with Crippen molar-refractivity contribution in [1.29, 1.82) is 0 Å². The number of amides is 1. The highest BCUT2D eigenvalue weighted by Gasteiger charge is 2.32. The molecule has 7 heteroatoms. The summed E-state index contributed by atoms with van der Waals surface area (Å²) in [5.74, 6) is 0.686. The lowest BCUT2D eigenvalue weighted by atomic mass is 9.87. The zero-order chi connectivity index (χ0) is 22.1. The van der Waals surface area contributed by atoms with E-state index >= 15 is 0 Å². The van der Waals surface area contributed by atoms with Crippen molar-refractivity contribution in [1.82, 2.24) is 4.57 Å². The largest absolute Gasteiger partial charge is 0.457 e. The topological polar surface area (TPSA) is 52.8 Å². The molecule has 0 atom stereocenters. The minimum absolute atomic E-state index is 0.205. The van der Waals surface area contributed by atoms with Crippen LogP contribution in [0.25, 0.3) is 10.2 Å². The van der Waals surface area contributed by atoms with Crippen LogP contribution in [0, 0.1) is 0 Å². The average molecular weight is 509 g/mol. The number of thiazole rings is 1. The van der Waals surface area contributed by atoms with Gasteiger partial charge in [-0.25, -0.2) is 0 Å². The van der Waals surface area contributed by atoms with Gasteiger partial charge in [0.2, 0.25) is 0 Å². The lowest BCUT2D eigenvalue weighted by Gasteiger charge is -2.25. The third-order valence-corrected chi connectivity index (χ3v) is 6.98. The second kappa shape index (κ2) is 9.02. The first kappa shape index (κ1) is 21.1. The van der Waals surface area contributed by atoms with E-state index in [0.717, 1.165) is 25.8 Å². The summed E-state index contributed by atoms with van der Waals surface area (Å²) in [6.07, 6.45) is 0. The van der Waals surface area contributed by atoms with Crippen molar-refractivity contribution in [2.75, 3.05) is 13.2 Å². The number of hydrogen-bond donors (Lipinski definition) is 0. The summed E-state index contributed by atoms with van der Waals surface area (Å²) >= 11 is 5.05. The summed E-state index contributed by atoms with van der Waals surface area (Å²) in [6, 6.07) is 21.4. The number of aromatic nitrogens is 1. The van der Waals surface area contributed by atoms with Gasteiger partial charge in [-0.3, -0.25) is 4.79 Å². The highest BCUT2D eigenvalue weighted by atomic mass is 79.9. The molecule has 0 saturated carbocycles. The fourth-order valence-corrected chi connectivity index (χ4v) is 5.60. The van der Waals surface area contributed by atoms with Gasteiger partial charge >= 0.3 is 0 Å². The summed E-state index contributed by atoms with van der Waals surface area (Å²) in [5, 5.41) is 0. The van der Waals surface area contributed by atoms with E-state index in [4.69, 9.17) is 9.47 Å². The number of carbonyl (C=O) groups is 1. The first-order chi connectivity index (χ1) is 15.7. The summed E-state index contributed by atoms with van der Waals surface area (Å²) in [7, 11) is 0. The van der Waals surface area contributed by atoms with Crippen LogP contribution in [0.1, 0.15) is 24.0 Å². The Labute approximate surface area is 198 Å². The maximum absolute atomic E-state index is 13.6. The fourth-order valence-electron chi connectivity index (χ4n) is 3.98. The summed E-state index contributed by atoms with van der Waals surface area (Å²) < 4.78 is 15.7. The average Bonchev–Trinajstić information content (AvgIpc) is 3.13. The number of benzene rings is 3. The molecule has 0 bridgehead atoms. The maximum Gasteiger partial charge on any atom is 0.260 e. The third kappa shape index (κ3) is 3.92. The number of nitrogens with zero attached hydrogens (tertiary/aromatic N) is 2. The molecule has 3 aromatic carbocycles. The number of halogens is 1. The van der Waals surface area contributed by atoms with Crippen LogP contribution in [0.3, 0.4) is 0 Å². The SMILES string of the molecule is CCOCCn1c(=NC(=O)C2c3ccccc3Oc3ccccc32)sc2cc(Br)ccc21. The fraction of sp³-hybridized carbons (Fsp3) is 0.200. The Morgan fingerprint density at radius 1 is 1.09 bits per heavy atom. The van der Waals surface area contributed by atoms with Crippen molar-refractivity contribution < 1.29 is 14.3 Å². The van der Waals surface area contributed by atoms with Crippen molar-refractivity contribution >= 4 is 43.4 Å². The predicted octanol–water partition coefficient (Wildman–Crippen LogP) is 5.87. The molecule has 2 heterocycles. The molecular weight excluding hydrogens is 488 g/mol. The van der Waals surface area contributed by atoms with Crippen LogP contribution in [0.2, 0.25) is 0 Å². The second-order valence-electron chi connectivity index (χ2n) is 7.41. The molecule has 162 valence electrons. The quantitative estimate of drug-likeness (QED) is 0.317. The molecule has 5 nitrogen and oxygen atoms in total. The molecule has 5 rings (SSSR count). The van der Waals surface area contributed by atoms with Crippen LogP contribution in [0.4, 0.5) is 0 Å². The van der Waals surface area contributed by atoms with Crippen molar-refractivity contribution in [3.8, 4) is 11.5 Å². The Morgan fingerprint density at radius 3 is 2.47 bits per heavy atom. The smallest absolute Gasteiger partial charge is 0.260 e. The van der Waals surface area contributed by atoms with E-state index < -0.39 is 5.92 Å². The van der Waals surface area contributed by atoms with E-state index in [1.165, 1.54) is 11.3 Å². The molecule has 0 unspecified atom stereocenters. The van der Waals surface area contributed by atoms with Crippen LogP contribution in [-0.4, -0.2) is 23.7 Å².